The highest BCUT2D eigenvalue weighted by atomic mass is 19.1. The predicted octanol–water partition coefficient (Wildman–Crippen LogP) is 5.95. The summed E-state index contributed by atoms with van der Waals surface area (Å²) in [5.74, 6) is -0.386. The average Bonchev–Trinajstić information content (AvgIpc) is 3.19. The van der Waals surface area contributed by atoms with Crippen molar-refractivity contribution in [3.63, 3.8) is 0 Å². The molecule has 0 bridgehead atoms. The first-order chi connectivity index (χ1) is 27.3. The van der Waals surface area contributed by atoms with Crippen molar-refractivity contribution in [1.82, 2.24) is 29.4 Å². The van der Waals surface area contributed by atoms with E-state index in [0.717, 1.165) is 23.9 Å². The number of nitrogens with zero attached hydrogens (tertiary/aromatic N) is 5. The van der Waals surface area contributed by atoms with Gasteiger partial charge in [0, 0.05) is 54.4 Å². The Morgan fingerprint density at radius 3 is 2.30 bits per heavy atom. The molecule has 0 radical (unpaired) electrons. The second-order valence-electron chi connectivity index (χ2n) is 14.0. The van der Waals surface area contributed by atoms with Gasteiger partial charge in [-0.25, -0.2) is 14.2 Å². The number of halogens is 1. The number of nitrogens with two attached hydrogens (primary N) is 1. The number of aromatic nitrogens is 5. The van der Waals surface area contributed by atoms with E-state index in [0.29, 0.717) is 35.8 Å². The molecule has 6 heterocycles. The number of primary amides is 1. The predicted molar refractivity (Wildman–Crippen MR) is 209 cm³/mol. The number of nitrogens with one attached hydrogen (secondary N) is 2. The Bertz CT molecular complexity index is 2530. The van der Waals surface area contributed by atoms with Crippen LogP contribution in [0.5, 0.6) is 11.5 Å². The molecule has 1 aliphatic heterocycles. The van der Waals surface area contributed by atoms with Gasteiger partial charge in [0.15, 0.2) is 0 Å². The van der Waals surface area contributed by atoms with Gasteiger partial charge in [0.25, 0.3) is 22.9 Å². The lowest BCUT2D eigenvalue weighted by Gasteiger charge is -2.33. The summed E-state index contributed by atoms with van der Waals surface area (Å²) in [6, 6.07) is 18.3. The number of hydrogen-bond donors (Lipinski definition) is 3. The number of amides is 3. The number of ether oxygens (including phenoxy) is 2. The van der Waals surface area contributed by atoms with E-state index in [1.165, 1.54) is 59.6 Å². The summed E-state index contributed by atoms with van der Waals surface area (Å²) in [4.78, 5) is 77.0. The molecule has 3 amide bonds. The van der Waals surface area contributed by atoms with Crippen LogP contribution in [0.15, 0.2) is 113 Å². The first kappa shape index (κ1) is 39.5. The number of anilines is 1. The van der Waals surface area contributed by atoms with E-state index in [2.05, 4.69) is 25.3 Å². The molecule has 1 saturated heterocycles. The number of likely N-dealkylation sites (tertiary alicyclic amines) is 1. The fourth-order valence-corrected chi connectivity index (χ4v) is 5.95. The lowest BCUT2D eigenvalue weighted by Crippen LogP contribution is -2.41. The maximum atomic E-state index is 13.3. The van der Waals surface area contributed by atoms with Gasteiger partial charge in [0.1, 0.15) is 39.9 Å². The first-order valence-corrected chi connectivity index (χ1v) is 17.9. The van der Waals surface area contributed by atoms with Gasteiger partial charge in [-0.2, -0.15) is 0 Å². The van der Waals surface area contributed by atoms with Gasteiger partial charge >= 0.3 is 6.09 Å². The van der Waals surface area contributed by atoms with E-state index in [1.54, 1.807) is 47.6 Å². The Morgan fingerprint density at radius 2 is 1.65 bits per heavy atom. The molecule has 0 atom stereocenters. The second-order valence-corrected chi connectivity index (χ2v) is 14.0. The van der Waals surface area contributed by atoms with Gasteiger partial charge in [-0.05, 0) is 106 Å². The molecule has 0 unspecified atom stereocenters. The SMILES string of the molecule is CC(C)(C)OC(=O)N1CCC(c2cc3c(Oc4ccc(NC(=O)c5cccn(-c6ccc(F)cc6)c5=O)nc4)ccnc3cn2)CC1.NC(=O)c1ccc[nH]c1=O. The van der Waals surface area contributed by atoms with Crippen molar-refractivity contribution in [2.24, 2.45) is 5.73 Å². The van der Waals surface area contributed by atoms with Crippen molar-refractivity contribution in [3.8, 4) is 17.2 Å². The number of hydrogen-bond acceptors (Lipinski definition) is 10. The zero-order chi connectivity index (χ0) is 40.7. The smallest absolute Gasteiger partial charge is 0.410 e. The van der Waals surface area contributed by atoms with Gasteiger partial charge < -0.3 is 30.4 Å². The average molecular weight is 775 g/mol. The Hall–Kier alpha value is -7.23. The molecule has 7 rings (SSSR count). The number of carbonyl (C=O) groups excluding carboxylic acids is 3. The van der Waals surface area contributed by atoms with E-state index in [1.807, 2.05) is 26.8 Å². The summed E-state index contributed by atoms with van der Waals surface area (Å²) in [5, 5.41) is 3.43. The summed E-state index contributed by atoms with van der Waals surface area (Å²) in [5.41, 5.74) is 5.21. The minimum absolute atomic E-state index is 0.0116. The molecule has 0 aliphatic carbocycles. The van der Waals surface area contributed by atoms with Crippen molar-refractivity contribution in [3.05, 3.63) is 147 Å². The molecule has 1 fully saturated rings. The molecule has 1 aromatic carbocycles. The van der Waals surface area contributed by atoms with E-state index >= 15 is 0 Å². The minimum Gasteiger partial charge on any atom is -0.455 e. The molecule has 6 aromatic rings. The van der Waals surface area contributed by atoms with Gasteiger partial charge in [-0.1, -0.05) is 0 Å². The van der Waals surface area contributed by atoms with Crippen LogP contribution >= 0.6 is 0 Å². The monoisotopic (exact) mass is 774 g/mol. The zero-order valence-electron chi connectivity index (χ0n) is 31.3. The molecular weight excluding hydrogens is 735 g/mol. The number of benzene rings is 1. The maximum Gasteiger partial charge on any atom is 0.410 e. The Balaban J connectivity index is 0.000000479. The van der Waals surface area contributed by atoms with E-state index < -0.39 is 34.4 Å². The third-order valence-electron chi connectivity index (χ3n) is 8.76. The van der Waals surface area contributed by atoms with Gasteiger partial charge in [-0.15, -0.1) is 0 Å². The van der Waals surface area contributed by atoms with E-state index in [4.69, 9.17) is 15.2 Å². The van der Waals surface area contributed by atoms with E-state index in [9.17, 15) is 28.4 Å². The minimum atomic E-state index is -0.707. The Labute approximate surface area is 325 Å². The van der Waals surface area contributed by atoms with Crippen LogP contribution in [0, 0.1) is 5.82 Å². The van der Waals surface area contributed by atoms with E-state index in [-0.39, 0.29) is 29.0 Å². The standard InChI is InChI=1S/C35H33FN6O5.C6H6N2O2/c1-35(2,3)47-34(45)41-17-13-22(14-18-41)28-19-27-29(21-38-28)37-15-12-30(27)46-25-10-11-31(39-20-25)40-32(43)26-5-4-16-42(33(26)44)24-8-6-23(36)7-9-24;7-5(9)4-2-1-3-8-6(4)10/h4-12,15-16,19-22H,13-14,17-18H2,1-3H3,(H,39,40,43);1-3H,(H2,7,9)(H,8,10). The van der Waals surface area contributed by atoms with Crippen LogP contribution in [0.25, 0.3) is 16.6 Å². The number of fused-ring (bicyclic) bond motifs is 1. The topological polar surface area (TPSA) is 204 Å². The molecule has 4 N–H and O–H groups in total. The zero-order valence-corrected chi connectivity index (χ0v) is 31.3. The highest BCUT2D eigenvalue weighted by Gasteiger charge is 2.28. The molecule has 16 heteroatoms. The largest absolute Gasteiger partial charge is 0.455 e. The highest BCUT2D eigenvalue weighted by molar-refractivity contribution is 6.03. The molecule has 1 aliphatic rings. The number of rotatable bonds is 7. The number of H-pyrrole nitrogens is 1. The molecule has 15 nitrogen and oxygen atoms in total. The summed E-state index contributed by atoms with van der Waals surface area (Å²) in [6.45, 7) is 6.74. The van der Waals surface area contributed by atoms with Crippen molar-refractivity contribution >= 4 is 34.6 Å². The Kier molecular flexibility index (Phi) is 11.8. The molecule has 0 saturated carbocycles. The van der Waals surface area contributed by atoms with Crippen LogP contribution < -0.4 is 26.9 Å². The van der Waals surface area contributed by atoms with Crippen molar-refractivity contribution in [2.45, 2.75) is 45.1 Å². The number of piperidine rings is 1. The third-order valence-corrected chi connectivity index (χ3v) is 8.76. The lowest BCUT2D eigenvalue weighted by atomic mass is 9.92. The quantitative estimate of drug-likeness (QED) is 0.174. The molecule has 57 heavy (non-hydrogen) atoms. The molecule has 292 valence electrons. The van der Waals surface area contributed by atoms with Crippen LogP contribution in [0.1, 0.15) is 65.9 Å². The van der Waals surface area contributed by atoms with Crippen LogP contribution in [-0.4, -0.2) is 66.0 Å². The number of aromatic amines is 1. The summed E-state index contributed by atoms with van der Waals surface area (Å²) < 4.78 is 26.3. The van der Waals surface area contributed by atoms with Crippen molar-refractivity contribution < 1.29 is 28.2 Å². The Morgan fingerprint density at radius 1 is 0.912 bits per heavy atom. The van der Waals surface area contributed by atoms with Crippen molar-refractivity contribution in [1.29, 1.82) is 0 Å². The number of carbonyl (C=O) groups is 3. The summed E-state index contributed by atoms with van der Waals surface area (Å²) >= 11 is 0. The maximum absolute atomic E-state index is 13.3. The van der Waals surface area contributed by atoms with Gasteiger partial charge in [0.05, 0.1) is 17.9 Å². The molecule has 0 spiro atoms. The molecule has 5 aromatic heterocycles. The summed E-state index contributed by atoms with van der Waals surface area (Å²) in [7, 11) is 0. The van der Waals surface area contributed by atoms with Crippen LogP contribution in [0.3, 0.4) is 0 Å². The fraction of sp³-hybridized carbons (Fsp3) is 0.220. The van der Waals surface area contributed by atoms with Crippen LogP contribution in [0.2, 0.25) is 0 Å². The van der Waals surface area contributed by atoms with Gasteiger partial charge in [-0.3, -0.25) is 33.7 Å². The van der Waals surface area contributed by atoms with Gasteiger partial charge in [0.2, 0.25) is 0 Å². The normalized spacial score (nSPS) is 12.9. The fourth-order valence-electron chi connectivity index (χ4n) is 5.95. The van der Waals surface area contributed by atoms with Crippen LogP contribution in [0.4, 0.5) is 15.0 Å². The number of pyridine rings is 5. The lowest BCUT2D eigenvalue weighted by molar-refractivity contribution is 0.0204. The molecular formula is C41H39FN8O7. The first-order valence-electron chi connectivity index (χ1n) is 17.9. The second kappa shape index (κ2) is 17.1. The summed E-state index contributed by atoms with van der Waals surface area (Å²) in [6.07, 6.45) is 9.00. The van der Waals surface area contributed by atoms with Crippen molar-refractivity contribution in [2.75, 3.05) is 18.4 Å². The van der Waals surface area contributed by atoms with Crippen LogP contribution in [-0.2, 0) is 4.74 Å². The highest BCUT2D eigenvalue weighted by Crippen LogP contribution is 2.33. The third kappa shape index (κ3) is 9.91.